The Morgan fingerprint density at radius 2 is 2.14 bits per heavy atom. The summed E-state index contributed by atoms with van der Waals surface area (Å²) in [6, 6.07) is 0. The Hall–Kier alpha value is 0.930. The minimum Gasteiger partial charge on any atom is -0.141 e. The first kappa shape index (κ1) is 7.93. The molecule has 0 fully saturated rings. The van der Waals surface area contributed by atoms with Gasteiger partial charge in [0.25, 0.3) is 0 Å². The molecule has 1 unspecified atom stereocenters. The molecule has 0 saturated carbocycles. The van der Waals surface area contributed by atoms with Crippen molar-refractivity contribution in [3.8, 4) is 0 Å². The van der Waals surface area contributed by atoms with Gasteiger partial charge in [0.2, 0.25) is 0 Å². The van der Waals surface area contributed by atoms with Crippen molar-refractivity contribution >= 4 is 35.0 Å². The van der Waals surface area contributed by atoms with Gasteiger partial charge in [-0.2, -0.15) is 0 Å². The van der Waals surface area contributed by atoms with Crippen LogP contribution in [0.3, 0.4) is 0 Å². The molecular formula is C4H8Cl2S. The molecule has 7 heavy (non-hydrogen) atoms. The second-order valence-corrected chi connectivity index (χ2v) is 4.07. The van der Waals surface area contributed by atoms with Gasteiger partial charge in [0.15, 0.2) is 0 Å². The van der Waals surface area contributed by atoms with Crippen molar-refractivity contribution in [2.75, 3.05) is 12.1 Å². The van der Waals surface area contributed by atoms with E-state index < -0.39 is 0 Å². The maximum atomic E-state index is 5.74. The van der Waals surface area contributed by atoms with Crippen molar-refractivity contribution in [1.29, 1.82) is 0 Å². The van der Waals surface area contributed by atoms with Crippen LogP contribution in [0.5, 0.6) is 0 Å². The average Bonchev–Trinajstić information content (AvgIpc) is 1.68. The van der Waals surface area contributed by atoms with Gasteiger partial charge in [-0.05, 0) is 13.2 Å². The van der Waals surface area contributed by atoms with E-state index in [9.17, 15) is 0 Å². The molecule has 1 atom stereocenters. The van der Waals surface area contributed by atoms with E-state index in [1.165, 1.54) is 0 Å². The van der Waals surface area contributed by atoms with Gasteiger partial charge < -0.3 is 0 Å². The zero-order valence-electron chi connectivity index (χ0n) is 4.37. The molecule has 3 heteroatoms. The molecule has 0 saturated heterocycles. The summed E-state index contributed by atoms with van der Waals surface area (Å²) in [4.78, 5) is 0. The van der Waals surface area contributed by atoms with Crippen LogP contribution in [0.4, 0.5) is 0 Å². The maximum absolute atomic E-state index is 5.74. The van der Waals surface area contributed by atoms with Crippen molar-refractivity contribution in [2.45, 2.75) is 11.1 Å². The molecule has 0 aliphatic carbocycles. The van der Waals surface area contributed by atoms with E-state index in [1.807, 2.05) is 13.2 Å². The van der Waals surface area contributed by atoms with E-state index in [0.717, 1.165) is 0 Å². The summed E-state index contributed by atoms with van der Waals surface area (Å²) in [7, 11) is 0. The summed E-state index contributed by atoms with van der Waals surface area (Å²) < 4.78 is -0.262. The average molecular weight is 159 g/mol. The van der Waals surface area contributed by atoms with Crippen LogP contribution in [0.2, 0.25) is 0 Å². The molecule has 0 N–H and O–H groups in total. The summed E-state index contributed by atoms with van der Waals surface area (Å²) in [5, 5.41) is 0. The van der Waals surface area contributed by atoms with E-state index in [2.05, 4.69) is 0 Å². The van der Waals surface area contributed by atoms with Crippen molar-refractivity contribution < 1.29 is 0 Å². The second kappa shape index (κ2) is 3.06. The standard InChI is InChI=1S/C4H8Cl2S/c1-4(6,3-5)7-2/h3H2,1-2H3. The minimum atomic E-state index is -0.262. The van der Waals surface area contributed by atoms with Crippen LogP contribution in [0.25, 0.3) is 0 Å². The third-order valence-corrected chi connectivity index (χ3v) is 3.09. The molecule has 0 aromatic rings. The normalized spacial score (nSPS) is 18.9. The number of rotatable bonds is 2. The Bertz CT molecular complexity index is 47.7. The highest BCUT2D eigenvalue weighted by molar-refractivity contribution is 8.01. The van der Waals surface area contributed by atoms with Gasteiger partial charge >= 0.3 is 0 Å². The number of halogens is 2. The molecule has 0 nitrogen and oxygen atoms in total. The number of hydrogen-bond donors (Lipinski definition) is 0. The molecule has 0 heterocycles. The Morgan fingerprint density at radius 1 is 1.71 bits per heavy atom. The lowest BCUT2D eigenvalue weighted by Gasteiger charge is -2.13. The fourth-order valence-electron chi connectivity index (χ4n) is 0.0546. The molecule has 0 spiro atoms. The van der Waals surface area contributed by atoms with Crippen molar-refractivity contribution in [3.63, 3.8) is 0 Å². The molecule has 0 aromatic heterocycles. The zero-order chi connectivity index (χ0) is 5.91. The molecule has 0 aliphatic rings. The van der Waals surface area contributed by atoms with Gasteiger partial charge in [0.05, 0.1) is 10.1 Å². The smallest absolute Gasteiger partial charge is 0.1000 e. The Labute approximate surface area is 58.6 Å². The van der Waals surface area contributed by atoms with Gasteiger partial charge in [-0.1, -0.05) is 0 Å². The molecular weight excluding hydrogens is 151 g/mol. The number of alkyl halides is 2. The quantitative estimate of drug-likeness (QED) is 0.558. The van der Waals surface area contributed by atoms with Gasteiger partial charge in [-0.25, -0.2) is 0 Å². The maximum Gasteiger partial charge on any atom is 0.1000 e. The van der Waals surface area contributed by atoms with E-state index in [0.29, 0.717) is 5.88 Å². The van der Waals surface area contributed by atoms with Gasteiger partial charge in [0, 0.05) is 0 Å². The second-order valence-electron chi connectivity index (χ2n) is 1.44. The zero-order valence-corrected chi connectivity index (χ0v) is 6.70. The molecule has 0 amide bonds. The highest BCUT2D eigenvalue weighted by Crippen LogP contribution is 2.27. The van der Waals surface area contributed by atoms with Gasteiger partial charge in [-0.3, -0.25) is 0 Å². The third-order valence-electron chi connectivity index (χ3n) is 0.664. The van der Waals surface area contributed by atoms with Crippen molar-refractivity contribution in [3.05, 3.63) is 0 Å². The summed E-state index contributed by atoms with van der Waals surface area (Å²) in [5.74, 6) is 0.496. The van der Waals surface area contributed by atoms with Crippen LogP contribution in [-0.4, -0.2) is 16.3 Å². The van der Waals surface area contributed by atoms with E-state index in [4.69, 9.17) is 23.2 Å². The summed E-state index contributed by atoms with van der Waals surface area (Å²) in [5.41, 5.74) is 0. The predicted octanol–water partition coefficient (Wildman–Crippen LogP) is 2.54. The van der Waals surface area contributed by atoms with Crippen molar-refractivity contribution in [1.82, 2.24) is 0 Å². The third kappa shape index (κ3) is 3.51. The van der Waals surface area contributed by atoms with Crippen molar-refractivity contribution in [2.24, 2.45) is 0 Å². The lowest BCUT2D eigenvalue weighted by Crippen LogP contribution is -2.10. The topological polar surface area (TPSA) is 0 Å². The van der Waals surface area contributed by atoms with Crippen LogP contribution < -0.4 is 0 Å². The Morgan fingerprint density at radius 3 is 2.14 bits per heavy atom. The largest absolute Gasteiger partial charge is 0.141 e. The fraction of sp³-hybridized carbons (Fsp3) is 1.00. The van der Waals surface area contributed by atoms with E-state index in [-0.39, 0.29) is 4.21 Å². The highest BCUT2D eigenvalue weighted by atomic mass is 35.5. The van der Waals surface area contributed by atoms with Crippen LogP contribution >= 0.6 is 35.0 Å². The lowest BCUT2D eigenvalue weighted by molar-refractivity contribution is 1.02. The van der Waals surface area contributed by atoms with Crippen LogP contribution in [0.15, 0.2) is 0 Å². The Kier molecular flexibility index (Phi) is 3.46. The summed E-state index contributed by atoms with van der Waals surface area (Å²) >= 11 is 12.7. The summed E-state index contributed by atoms with van der Waals surface area (Å²) in [6.45, 7) is 1.90. The van der Waals surface area contributed by atoms with E-state index >= 15 is 0 Å². The van der Waals surface area contributed by atoms with Gasteiger partial charge in [-0.15, -0.1) is 35.0 Å². The molecule has 44 valence electrons. The Balaban J connectivity index is 3.36. The van der Waals surface area contributed by atoms with Crippen LogP contribution in [-0.2, 0) is 0 Å². The molecule has 0 aromatic carbocycles. The summed E-state index contributed by atoms with van der Waals surface area (Å²) in [6.07, 6.45) is 1.94. The van der Waals surface area contributed by atoms with Crippen LogP contribution in [0.1, 0.15) is 6.92 Å². The number of thioether (sulfide) groups is 1. The number of hydrogen-bond acceptors (Lipinski definition) is 1. The fourth-order valence-corrected chi connectivity index (χ4v) is 0.491. The first-order valence-electron chi connectivity index (χ1n) is 1.92. The SMILES string of the molecule is CSC(C)(Cl)CCl. The molecule has 0 bridgehead atoms. The highest BCUT2D eigenvalue weighted by Gasteiger charge is 2.15. The van der Waals surface area contributed by atoms with Crippen LogP contribution in [0, 0.1) is 0 Å². The lowest BCUT2D eigenvalue weighted by atomic mass is 10.5. The molecule has 0 rings (SSSR count). The minimum absolute atomic E-state index is 0.262. The van der Waals surface area contributed by atoms with E-state index in [1.54, 1.807) is 11.8 Å². The first-order valence-corrected chi connectivity index (χ1v) is 4.06. The van der Waals surface area contributed by atoms with Gasteiger partial charge in [0.1, 0.15) is 0 Å². The first-order chi connectivity index (χ1) is 3.12. The predicted molar refractivity (Wildman–Crippen MR) is 38.5 cm³/mol. The monoisotopic (exact) mass is 158 g/mol. The molecule has 0 aliphatic heterocycles. The molecule has 0 radical (unpaired) electrons.